The number of phenolic OH excluding ortho intramolecular Hbond substituents is 1. The van der Waals surface area contributed by atoms with E-state index >= 15 is 0 Å². The first-order chi connectivity index (χ1) is 10.6. The van der Waals surface area contributed by atoms with E-state index < -0.39 is 0 Å². The summed E-state index contributed by atoms with van der Waals surface area (Å²) in [6.45, 7) is 1.71. The van der Waals surface area contributed by atoms with Crippen LogP contribution in [0.2, 0.25) is 0 Å². The lowest BCUT2D eigenvalue weighted by molar-refractivity contribution is -0.140. The molecule has 0 aliphatic heterocycles. The first-order valence-electron chi connectivity index (χ1n) is 7.15. The van der Waals surface area contributed by atoms with Crippen LogP contribution in [0.4, 0.5) is 0 Å². The maximum absolute atomic E-state index is 10.7. The summed E-state index contributed by atoms with van der Waals surface area (Å²) in [6.07, 6.45) is 1.25. The zero-order chi connectivity index (χ0) is 15.9. The average Bonchev–Trinajstić information content (AvgIpc) is 2.50. The van der Waals surface area contributed by atoms with Crippen LogP contribution in [0.25, 0.3) is 0 Å². The van der Waals surface area contributed by atoms with Gasteiger partial charge in [0.05, 0.1) is 13.7 Å². The number of hydrogen-bond acceptors (Lipinski definition) is 4. The van der Waals surface area contributed by atoms with Gasteiger partial charge in [-0.2, -0.15) is 0 Å². The highest BCUT2D eigenvalue weighted by molar-refractivity contribution is 5.65. The fourth-order valence-corrected chi connectivity index (χ4v) is 2.19. The lowest BCUT2D eigenvalue weighted by Gasteiger charge is -2.08. The number of ether oxygens (including phenoxy) is 2. The minimum absolute atomic E-state index is 0.260. The number of esters is 1. The molecule has 4 heteroatoms. The molecule has 2 rings (SSSR count). The molecule has 0 saturated heterocycles. The first-order valence-corrected chi connectivity index (χ1v) is 7.15. The van der Waals surface area contributed by atoms with Crippen LogP contribution in [-0.2, 0) is 22.4 Å². The Balaban J connectivity index is 2.00. The molecule has 2 aromatic rings. The van der Waals surface area contributed by atoms with Crippen molar-refractivity contribution in [3.05, 3.63) is 59.2 Å². The van der Waals surface area contributed by atoms with Gasteiger partial charge in [-0.05, 0) is 34.9 Å². The Morgan fingerprint density at radius 2 is 1.77 bits per heavy atom. The number of aromatic hydroxyl groups is 1. The molecule has 0 aliphatic rings. The Bertz CT molecular complexity index is 632. The van der Waals surface area contributed by atoms with Gasteiger partial charge >= 0.3 is 5.97 Å². The number of hydrogen-bond donors (Lipinski definition) is 1. The average molecular weight is 300 g/mol. The lowest BCUT2D eigenvalue weighted by atomic mass is 10.0. The third-order valence-corrected chi connectivity index (χ3v) is 3.40. The van der Waals surface area contributed by atoms with E-state index in [1.807, 2.05) is 36.4 Å². The summed E-state index contributed by atoms with van der Waals surface area (Å²) in [5.74, 6) is 0.783. The van der Waals surface area contributed by atoms with Gasteiger partial charge in [0.2, 0.25) is 0 Å². The third kappa shape index (κ3) is 4.52. The molecule has 116 valence electrons. The molecule has 0 fully saturated rings. The molecule has 0 bridgehead atoms. The molecular formula is C18H20O4. The summed E-state index contributed by atoms with van der Waals surface area (Å²) >= 11 is 0. The molecular weight excluding hydrogens is 280 g/mol. The Hall–Kier alpha value is -2.49. The molecule has 0 aromatic heterocycles. The van der Waals surface area contributed by atoms with E-state index in [1.54, 1.807) is 13.2 Å². The van der Waals surface area contributed by atoms with Gasteiger partial charge in [0.25, 0.3) is 0 Å². The molecule has 22 heavy (non-hydrogen) atoms. The van der Waals surface area contributed by atoms with Gasteiger partial charge < -0.3 is 14.6 Å². The highest BCUT2D eigenvalue weighted by atomic mass is 16.5. The Morgan fingerprint density at radius 3 is 2.36 bits per heavy atom. The third-order valence-electron chi connectivity index (χ3n) is 3.40. The van der Waals surface area contributed by atoms with E-state index in [0.717, 1.165) is 22.4 Å². The monoisotopic (exact) mass is 300 g/mol. The molecule has 0 atom stereocenters. The largest absolute Gasteiger partial charge is 0.508 e. The maximum Gasteiger partial charge on any atom is 0.302 e. The van der Waals surface area contributed by atoms with Gasteiger partial charge in [-0.3, -0.25) is 4.79 Å². The standard InChI is InChI=1S/C18H20O4/c1-13(19)22-10-9-15-3-6-16(18(20)12-15)11-14-4-7-17(21-2)8-5-14/h3-8,12,20H,9-11H2,1-2H3. The zero-order valence-corrected chi connectivity index (χ0v) is 12.8. The van der Waals surface area contributed by atoms with E-state index in [0.29, 0.717) is 19.4 Å². The van der Waals surface area contributed by atoms with E-state index in [9.17, 15) is 9.90 Å². The predicted molar refractivity (Wildman–Crippen MR) is 84.2 cm³/mol. The first kappa shape index (κ1) is 15.9. The molecule has 0 amide bonds. The van der Waals surface area contributed by atoms with Crippen molar-refractivity contribution in [3.8, 4) is 11.5 Å². The molecule has 0 heterocycles. The number of carbonyl (C=O) groups excluding carboxylic acids is 1. The number of phenols is 1. The second kappa shape index (κ2) is 7.50. The second-order valence-corrected chi connectivity index (χ2v) is 5.08. The molecule has 0 saturated carbocycles. The zero-order valence-electron chi connectivity index (χ0n) is 12.8. The molecule has 4 nitrogen and oxygen atoms in total. The minimum Gasteiger partial charge on any atom is -0.508 e. The van der Waals surface area contributed by atoms with Crippen molar-refractivity contribution in [2.45, 2.75) is 19.8 Å². The van der Waals surface area contributed by atoms with Crippen molar-refractivity contribution in [1.29, 1.82) is 0 Å². The summed E-state index contributed by atoms with van der Waals surface area (Å²) in [6, 6.07) is 13.3. The van der Waals surface area contributed by atoms with Gasteiger partial charge in [0.1, 0.15) is 11.5 Å². The predicted octanol–water partition coefficient (Wildman–Crippen LogP) is 3.10. The van der Waals surface area contributed by atoms with Gasteiger partial charge in [0, 0.05) is 19.8 Å². The van der Waals surface area contributed by atoms with Gasteiger partial charge in [-0.1, -0.05) is 24.3 Å². The number of methoxy groups -OCH3 is 1. The fraction of sp³-hybridized carbons (Fsp3) is 0.278. The molecule has 0 radical (unpaired) electrons. The summed E-state index contributed by atoms with van der Waals surface area (Å²) in [4.78, 5) is 10.7. The van der Waals surface area contributed by atoms with E-state index in [1.165, 1.54) is 6.92 Å². The highest BCUT2D eigenvalue weighted by Crippen LogP contribution is 2.23. The van der Waals surface area contributed by atoms with Crippen LogP contribution in [0.1, 0.15) is 23.6 Å². The molecule has 0 unspecified atom stereocenters. The van der Waals surface area contributed by atoms with E-state index in [-0.39, 0.29) is 11.7 Å². The maximum atomic E-state index is 10.7. The quantitative estimate of drug-likeness (QED) is 0.833. The second-order valence-electron chi connectivity index (χ2n) is 5.08. The number of rotatable bonds is 6. The van der Waals surface area contributed by atoms with Crippen molar-refractivity contribution >= 4 is 5.97 Å². The van der Waals surface area contributed by atoms with Crippen LogP contribution in [0, 0.1) is 0 Å². The lowest BCUT2D eigenvalue weighted by Crippen LogP contribution is -2.03. The Morgan fingerprint density at radius 1 is 1.09 bits per heavy atom. The summed E-state index contributed by atoms with van der Waals surface area (Å²) in [7, 11) is 1.63. The number of benzene rings is 2. The van der Waals surface area contributed by atoms with E-state index in [2.05, 4.69) is 0 Å². The van der Waals surface area contributed by atoms with E-state index in [4.69, 9.17) is 9.47 Å². The van der Waals surface area contributed by atoms with Crippen LogP contribution in [-0.4, -0.2) is 24.8 Å². The minimum atomic E-state index is -0.291. The number of carbonyl (C=O) groups is 1. The molecule has 0 aliphatic carbocycles. The SMILES string of the molecule is COc1ccc(Cc2ccc(CCOC(C)=O)cc2O)cc1. The van der Waals surface area contributed by atoms with Crippen molar-refractivity contribution in [3.63, 3.8) is 0 Å². The molecule has 2 aromatic carbocycles. The van der Waals surface area contributed by atoms with Crippen molar-refractivity contribution < 1.29 is 19.4 Å². The Labute approximate surface area is 130 Å². The van der Waals surface area contributed by atoms with Crippen molar-refractivity contribution in [2.75, 3.05) is 13.7 Å². The van der Waals surface area contributed by atoms with Crippen molar-refractivity contribution in [1.82, 2.24) is 0 Å². The van der Waals surface area contributed by atoms with Gasteiger partial charge in [-0.25, -0.2) is 0 Å². The Kier molecular flexibility index (Phi) is 5.42. The van der Waals surface area contributed by atoms with Crippen LogP contribution >= 0.6 is 0 Å². The van der Waals surface area contributed by atoms with Gasteiger partial charge in [0.15, 0.2) is 0 Å². The van der Waals surface area contributed by atoms with Crippen molar-refractivity contribution in [2.24, 2.45) is 0 Å². The summed E-state index contributed by atoms with van der Waals surface area (Å²) < 4.78 is 10.0. The molecule has 1 N–H and O–H groups in total. The normalized spacial score (nSPS) is 10.3. The summed E-state index contributed by atoms with van der Waals surface area (Å²) in [5.41, 5.74) is 2.90. The van der Waals surface area contributed by atoms with Gasteiger partial charge in [-0.15, -0.1) is 0 Å². The highest BCUT2D eigenvalue weighted by Gasteiger charge is 2.05. The summed E-state index contributed by atoms with van der Waals surface area (Å²) in [5, 5.41) is 10.1. The smallest absolute Gasteiger partial charge is 0.302 e. The van der Waals surface area contributed by atoms with Crippen LogP contribution in [0.5, 0.6) is 11.5 Å². The molecule has 0 spiro atoms. The topological polar surface area (TPSA) is 55.8 Å². The van der Waals surface area contributed by atoms with Crippen LogP contribution in [0.15, 0.2) is 42.5 Å². The fourth-order valence-electron chi connectivity index (χ4n) is 2.19. The van der Waals surface area contributed by atoms with Crippen LogP contribution < -0.4 is 4.74 Å². The van der Waals surface area contributed by atoms with Crippen LogP contribution in [0.3, 0.4) is 0 Å².